The summed E-state index contributed by atoms with van der Waals surface area (Å²) in [5.41, 5.74) is 3.70. The highest BCUT2D eigenvalue weighted by Gasteiger charge is 2.16. The lowest BCUT2D eigenvalue weighted by Crippen LogP contribution is -2.24. The van der Waals surface area contributed by atoms with Crippen LogP contribution in [0, 0.1) is 6.92 Å². The zero-order chi connectivity index (χ0) is 24.2. The molecule has 1 aliphatic rings. The molecule has 11 heteroatoms. The van der Waals surface area contributed by atoms with Gasteiger partial charge < -0.3 is 14.6 Å². The highest BCUT2D eigenvalue weighted by molar-refractivity contribution is 7.79. The van der Waals surface area contributed by atoms with E-state index in [2.05, 4.69) is 10.3 Å². The first-order chi connectivity index (χ1) is 15.5. The molecule has 2 aromatic heterocycles. The maximum absolute atomic E-state index is 12.5. The van der Waals surface area contributed by atoms with Crippen molar-refractivity contribution in [1.29, 1.82) is 0 Å². The van der Waals surface area contributed by atoms with Crippen LogP contribution in [0.25, 0.3) is 17.0 Å². The molecule has 0 radical (unpaired) electrons. The second-order valence-corrected chi connectivity index (χ2v) is 8.34. The van der Waals surface area contributed by atoms with Crippen molar-refractivity contribution < 1.29 is 31.5 Å². The Morgan fingerprint density at radius 1 is 1.27 bits per heavy atom. The van der Waals surface area contributed by atoms with E-state index in [1.807, 2.05) is 37.3 Å². The van der Waals surface area contributed by atoms with Crippen molar-refractivity contribution in [2.45, 2.75) is 26.3 Å². The standard InChI is InChI=1S/C22H21N3O3.H2O4S/c1-14-17-5-3-4-6-18(17)28-19(14)13-25(2)21(27)10-7-15-11-16-8-9-20(26)24-22(16)23-12-15;1-5(2,3)4/h3-7,10-12H,8-9,13H2,1-2H3,(H,23,24,26);(H2,1,2,3,4). The van der Waals surface area contributed by atoms with Crippen LogP contribution in [0.2, 0.25) is 0 Å². The molecule has 0 fully saturated rings. The minimum absolute atomic E-state index is 0.0130. The van der Waals surface area contributed by atoms with Gasteiger partial charge in [-0.15, -0.1) is 0 Å². The lowest BCUT2D eigenvalue weighted by Gasteiger charge is -2.16. The van der Waals surface area contributed by atoms with Crippen LogP contribution < -0.4 is 5.32 Å². The van der Waals surface area contributed by atoms with Crippen LogP contribution in [-0.2, 0) is 33.0 Å². The number of nitrogens with one attached hydrogen (secondary N) is 1. The van der Waals surface area contributed by atoms with Crippen LogP contribution in [0.3, 0.4) is 0 Å². The molecule has 0 aliphatic carbocycles. The van der Waals surface area contributed by atoms with Gasteiger partial charge in [-0.05, 0) is 42.7 Å². The van der Waals surface area contributed by atoms with Crippen molar-refractivity contribution in [3.63, 3.8) is 0 Å². The van der Waals surface area contributed by atoms with Crippen LogP contribution in [0.5, 0.6) is 0 Å². The van der Waals surface area contributed by atoms with Gasteiger partial charge in [0.1, 0.15) is 17.2 Å². The number of hydrogen-bond donors (Lipinski definition) is 3. The van der Waals surface area contributed by atoms with Crippen molar-refractivity contribution in [2.75, 3.05) is 12.4 Å². The zero-order valence-corrected chi connectivity index (χ0v) is 18.8. The summed E-state index contributed by atoms with van der Waals surface area (Å²) in [6.07, 6.45) is 6.05. The number of pyridine rings is 1. The van der Waals surface area contributed by atoms with E-state index >= 15 is 0 Å². The molecule has 3 N–H and O–H groups in total. The third kappa shape index (κ3) is 6.72. The summed E-state index contributed by atoms with van der Waals surface area (Å²) in [6.45, 7) is 2.41. The van der Waals surface area contributed by atoms with Gasteiger partial charge in [-0.3, -0.25) is 18.7 Å². The third-order valence-corrected chi connectivity index (χ3v) is 4.98. The number of nitrogens with zero attached hydrogens (tertiary/aromatic N) is 2. The maximum atomic E-state index is 12.5. The summed E-state index contributed by atoms with van der Waals surface area (Å²) < 4.78 is 37.5. The van der Waals surface area contributed by atoms with Gasteiger partial charge in [0.25, 0.3) is 0 Å². The van der Waals surface area contributed by atoms with Crippen molar-refractivity contribution in [2.24, 2.45) is 0 Å². The summed E-state index contributed by atoms with van der Waals surface area (Å²) in [5, 5.41) is 3.82. The first-order valence-corrected chi connectivity index (χ1v) is 11.3. The molecule has 174 valence electrons. The minimum atomic E-state index is -4.67. The Labute approximate surface area is 190 Å². The van der Waals surface area contributed by atoms with E-state index in [9.17, 15) is 9.59 Å². The number of benzene rings is 1. The van der Waals surface area contributed by atoms with Gasteiger partial charge in [0.2, 0.25) is 11.8 Å². The molecule has 1 aliphatic heterocycles. The summed E-state index contributed by atoms with van der Waals surface area (Å²) in [5.74, 6) is 1.26. The molecule has 0 spiro atoms. The zero-order valence-electron chi connectivity index (χ0n) is 18.0. The van der Waals surface area contributed by atoms with E-state index in [1.165, 1.54) is 6.08 Å². The van der Waals surface area contributed by atoms with Crippen molar-refractivity contribution in [3.8, 4) is 0 Å². The van der Waals surface area contributed by atoms with E-state index in [0.717, 1.165) is 33.4 Å². The summed E-state index contributed by atoms with van der Waals surface area (Å²) >= 11 is 0. The van der Waals surface area contributed by atoms with Crippen LogP contribution in [0.15, 0.2) is 47.0 Å². The van der Waals surface area contributed by atoms with Crippen molar-refractivity contribution >= 4 is 45.1 Å². The summed E-state index contributed by atoms with van der Waals surface area (Å²) in [4.78, 5) is 29.8. The fourth-order valence-electron chi connectivity index (χ4n) is 3.33. The average Bonchev–Trinajstić information content (AvgIpc) is 3.06. The van der Waals surface area contributed by atoms with Gasteiger partial charge in [-0.25, -0.2) is 4.98 Å². The molecule has 0 atom stereocenters. The first kappa shape index (κ1) is 24.1. The second kappa shape index (κ2) is 9.94. The van der Waals surface area contributed by atoms with Gasteiger partial charge in [0.15, 0.2) is 0 Å². The van der Waals surface area contributed by atoms with Gasteiger partial charge in [0, 0.05) is 36.7 Å². The SMILES string of the molecule is Cc1c(CN(C)C(=O)C=Cc2cnc3c(c2)CCC(=O)N3)oc2ccccc12.O=S(=O)(O)O. The Hall–Kier alpha value is -3.54. The molecule has 1 aromatic carbocycles. The van der Waals surface area contributed by atoms with Crippen molar-refractivity contribution in [1.82, 2.24) is 9.88 Å². The number of hydrogen-bond acceptors (Lipinski definition) is 6. The minimum Gasteiger partial charge on any atom is -0.459 e. The molecular weight excluding hydrogens is 450 g/mol. The molecule has 0 unspecified atom stereocenters. The van der Waals surface area contributed by atoms with E-state index in [0.29, 0.717) is 25.2 Å². The first-order valence-electron chi connectivity index (χ1n) is 9.90. The molecule has 0 saturated carbocycles. The van der Waals surface area contributed by atoms with Gasteiger partial charge in [-0.1, -0.05) is 18.2 Å². The van der Waals surface area contributed by atoms with E-state index in [-0.39, 0.29) is 11.8 Å². The number of anilines is 1. The quantitative estimate of drug-likeness (QED) is 0.386. The van der Waals surface area contributed by atoms with E-state index in [1.54, 1.807) is 24.2 Å². The number of para-hydroxylation sites is 1. The fourth-order valence-corrected chi connectivity index (χ4v) is 3.33. The van der Waals surface area contributed by atoms with E-state index < -0.39 is 10.4 Å². The number of aryl methyl sites for hydroxylation is 2. The molecule has 10 nitrogen and oxygen atoms in total. The molecule has 0 bridgehead atoms. The van der Waals surface area contributed by atoms with Crippen molar-refractivity contribution in [3.05, 3.63) is 65.1 Å². The molecule has 3 aromatic rings. The molecule has 0 saturated heterocycles. The Kier molecular flexibility index (Phi) is 7.26. The summed E-state index contributed by atoms with van der Waals surface area (Å²) in [7, 11) is -2.92. The van der Waals surface area contributed by atoms with Crippen LogP contribution >= 0.6 is 0 Å². The number of fused-ring (bicyclic) bond motifs is 2. The molecule has 2 amide bonds. The Morgan fingerprint density at radius 3 is 2.67 bits per heavy atom. The Bertz CT molecular complexity index is 1320. The van der Waals surface area contributed by atoms with Gasteiger partial charge in [-0.2, -0.15) is 8.42 Å². The second-order valence-electron chi connectivity index (χ2n) is 7.45. The molecule has 4 rings (SSSR count). The number of furan rings is 1. The highest BCUT2D eigenvalue weighted by Crippen LogP contribution is 2.26. The molecule has 3 heterocycles. The largest absolute Gasteiger partial charge is 0.459 e. The number of aromatic nitrogens is 1. The summed E-state index contributed by atoms with van der Waals surface area (Å²) in [6, 6.07) is 9.81. The topological polar surface area (TPSA) is 150 Å². The number of carbonyl (C=O) groups excluding carboxylic acids is 2. The Morgan fingerprint density at radius 2 is 1.97 bits per heavy atom. The Balaban J connectivity index is 0.000000555. The van der Waals surface area contributed by atoms with E-state index in [4.69, 9.17) is 21.9 Å². The van der Waals surface area contributed by atoms with Gasteiger partial charge in [0.05, 0.1) is 6.54 Å². The van der Waals surface area contributed by atoms with Crippen LogP contribution in [0.1, 0.15) is 28.9 Å². The predicted octanol–water partition coefficient (Wildman–Crippen LogP) is 3.04. The maximum Gasteiger partial charge on any atom is 0.394 e. The fraction of sp³-hybridized carbons (Fsp3) is 0.227. The highest BCUT2D eigenvalue weighted by atomic mass is 32.3. The normalized spacial score (nSPS) is 13.3. The lowest BCUT2D eigenvalue weighted by atomic mass is 10.0. The molecular formula is C22H23N3O7S. The monoisotopic (exact) mass is 473 g/mol. The van der Waals surface area contributed by atoms with Gasteiger partial charge >= 0.3 is 10.4 Å². The smallest absolute Gasteiger partial charge is 0.394 e. The van der Waals surface area contributed by atoms with Crippen LogP contribution in [0.4, 0.5) is 5.82 Å². The average molecular weight is 474 g/mol. The number of amides is 2. The van der Waals surface area contributed by atoms with Crippen LogP contribution in [-0.4, -0.2) is 46.3 Å². The number of likely N-dealkylation sites (N-methyl/N-ethyl adjacent to an activating group) is 1. The third-order valence-electron chi connectivity index (χ3n) is 4.98. The number of rotatable bonds is 4. The molecule has 33 heavy (non-hydrogen) atoms. The predicted molar refractivity (Wildman–Crippen MR) is 122 cm³/mol. The number of carbonyl (C=O) groups is 2. The lowest BCUT2D eigenvalue weighted by molar-refractivity contribution is -0.125.